The molecule has 0 heterocycles. The number of rotatable bonds is 7. The molecule has 25 heavy (non-hydrogen) atoms. The van der Waals surface area contributed by atoms with Crippen molar-refractivity contribution in [1.82, 2.24) is 10.6 Å². The molecule has 5 nitrogen and oxygen atoms in total. The molecular formula is C20H21N3O2. The van der Waals surface area contributed by atoms with Crippen LogP contribution in [0.1, 0.15) is 34.8 Å². The summed E-state index contributed by atoms with van der Waals surface area (Å²) in [7, 11) is 0. The molecule has 1 unspecified atom stereocenters. The van der Waals surface area contributed by atoms with Crippen LogP contribution in [0.4, 0.5) is 0 Å². The van der Waals surface area contributed by atoms with E-state index in [0.29, 0.717) is 11.1 Å². The standard InChI is InChI=1S/C20H21N3O2/c1-15(7-8-16-5-3-2-4-6-16)23-19(24)14-22-20(25)18-11-9-17(13-21)10-12-18/h2-6,9-12,15H,7-8,14H2,1H3,(H,22,25)(H,23,24). The maximum absolute atomic E-state index is 12.0. The molecule has 5 heteroatoms. The molecule has 0 aromatic heterocycles. The molecule has 0 aliphatic heterocycles. The van der Waals surface area contributed by atoms with E-state index in [1.165, 1.54) is 5.56 Å². The van der Waals surface area contributed by atoms with Crippen LogP contribution >= 0.6 is 0 Å². The van der Waals surface area contributed by atoms with Crippen molar-refractivity contribution in [3.8, 4) is 6.07 Å². The first kappa shape index (κ1) is 18.2. The van der Waals surface area contributed by atoms with E-state index in [1.807, 2.05) is 31.2 Å². The van der Waals surface area contributed by atoms with Gasteiger partial charge in [-0.15, -0.1) is 0 Å². The Balaban J connectivity index is 1.72. The average Bonchev–Trinajstić information content (AvgIpc) is 2.65. The second kappa shape index (κ2) is 9.24. The minimum atomic E-state index is -0.337. The zero-order valence-corrected chi connectivity index (χ0v) is 14.2. The summed E-state index contributed by atoms with van der Waals surface area (Å²) in [6.45, 7) is 1.87. The van der Waals surface area contributed by atoms with Gasteiger partial charge in [-0.1, -0.05) is 30.3 Å². The van der Waals surface area contributed by atoms with Gasteiger partial charge in [-0.2, -0.15) is 5.26 Å². The van der Waals surface area contributed by atoms with E-state index in [2.05, 4.69) is 22.8 Å². The van der Waals surface area contributed by atoms with Gasteiger partial charge in [0.05, 0.1) is 18.2 Å². The fourth-order valence-corrected chi connectivity index (χ4v) is 2.38. The summed E-state index contributed by atoms with van der Waals surface area (Å²) in [5.74, 6) is -0.556. The Morgan fingerprint density at radius 2 is 1.76 bits per heavy atom. The number of amides is 2. The second-order valence-electron chi connectivity index (χ2n) is 5.86. The molecule has 0 aliphatic carbocycles. The predicted octanol–water partition coefficient (Wildman–Crippen LogP) is 2.43. The number of benzene rings is 2. The zero-order valence-electron chi connectivity index (χ0n) is 14.2. The highest BCUT2D eigenvalue weighted by Gasteiger charge is 2.10. The number of carbonyl (C=O) groups excluding carboxylic acids is 2. The van der Waals surface area contributed by atoms with Gasteiger partial charge in [0, 0.05) is 11.6 Å². The van der Waals surface area contributed by atoms with Gasteiger partial charge >= 0.3 is 0 Å². The van der Waals surface area contributed by atoms with Crippen molar-refractivity contribution in [2.24, 2.45) is 0 Å². The summed E-state index contributed by atoms with van der Waals surface area (Å²) in [6, 6.07) is 18.4. The van der Waals surface area contributed by atoms with Crippen molar-refractivity contribution in [3.05, 3.63) is 71.3 Å². The van der Waals surface area contributed by atoms with Gasteiger partial charge in [-0.05, 0) is 49.6 Å². The van der Waals surface area contributed by atoms with Crippen molar-refractivity contribution < 1.29 is 9.59 Å². The molecule has 2 aromatic carbocycles. The molecule has 2 amide bonds. The Labute approximate surface area is 147 Å². The first-order chi connectivity index (χ1) is 12.1. The third-order valence-electron chi connectivity index (χ3n) is 3.80. The third kappa shape index (κ3) is 6.11. The van der Waals surface area contributed by atoms with E-state index in [0.717, 1.165) is 12.8 Å². The molecule has 0 saturated carbocycles. The van der Waals surface area contributed by atoms with E-state index >= 15 is 0 Å². The topological polar surface area (TPSA) is 82.0 Å². The Morgan fingerprint density at radius 1 is 1.08 bits per heavy atom. The number of nitriles is 1. The van der Waals surface area contributed by atoms with Crippen molar-refractivity contribution in [1.29, 1.82) is 5.26 Å². The van der Waals surface area contributed by atoms with E-state index in [1.54, 1.807) is 24.3 Å². The van der Waals surface area contributed by atoms with Crippen LogP contribution in [0.25, 0.3) is 0 Å². The third-order valence-corrected chi connectivity index (χ3v) is 3.80. The molecule has 2 aromatic rings. The van der Waals surface area contributed by atoms with Gasteiger partial charge in [0.15, 0.2) is 0 Å². The maximum atomic E-state index is 12.0. The number of carbonyl (C=O) groups is 2. The van der Waals surface area contributed by atoms with Crippen molar-refractivity contribution in [2.75, 3.05) is 6.54 Å². The smallest absolute Gasteiger partial charge is 0.251 e. The molecular weight excluding hydrogens is 314 g/mol. The van der Waals surface area contributed by atoms with Crippen LogP contribution in [-0.4, -0.2) is 24.4 Å². The lowest BCUT2D eigenvalue weighted by molar-refractivity contribution is -0.120. The number of nitrogens with zero attached hydrogens (tertiary/aromatic N) is 1. The predicted molar refractivity (Wildman–Crippen MR) is 95.9 cm³/mol. The highest BCUT2D eigenvalue weighted by Crippen LogP contribution is 2.05. The second-order valence-corrected chi connectivity index (χ2v) is 5.86. The summed E-state index contributed by atoms with van der Waals surface area (Å²) in [5.41, 5.74) is 2.14. The Morgan fingerprint density at radius 3 is 2.40 bits per heavy atom. The molecule has 2 rings (SSSR count). The Hall–Kier alpha value is -3.13. The first-order valence-corrected chi connectivity index (χ1v) is 8.20. The molecule has 2 N–H and O–H groups in total. The minimum absolute atomic E-state index is 0.0273. The average molecular weight is 335 g/mol. The van der Waals surface area contributed by atoms with Gasteiger partial charge in [0.25, 0.3) is 5.91 Å². The van der Waals surface area contributed by atoms with E-state index < -0.39 is 0 Å². The lowest BCUT2D eigenvalue weighted by Gasteiger charge is -2.14. The lowest BCUT2D eigenvalue weighted by Crippen LogP contribution is -2.41. The minimum Gasteiger partial charge on any atom is -0.352 e. The van der Waals surface area contributed by atoms with Crippen LogP contribution in [-0.2, 0) is 11.2 Å². The van der Waals surface area contributed by atoms with Crippen LogP contribution in [0.15, 0.2) is 54.6 Å². The fourth-order valence-electron chi connectivity index (χ4n) is 2.38. The molecule has 0 bridgehead atoms. The largest absolute Gasteiger partial charge is 0.352 e. The quantitative estimate of drug-likeness (QED) is 0.815. The normalized spacial score (nSPS) is 11.2. The van der Waals surface area contributed by atoms with Crippen LogP contribution in [0.3, 0.4) is 0 Å². The fraction of sp³-hybridized carbons (Fsp3) is 0.250. The Kier molecular flexibility index (Phi) is 6.73. The van der Waals surface area contributed by atoms with Crippen LogP contribution in [0.2, 0.25) is 0 Å². The van der Waals surface area contributed by atoms with Crippen LogP contribution in [0, 0.1) is 11.3 Å². The number of hydrogen-bond donors (Lipinski definition) is 2. The monoisotopic (exact) mass is 335 g/mol. The van der Waals surface area contributed by atoms with E-state index in [4.69, 9.17) is 5.26 Å². The number of nitrogens with one attached hydrogen (secondary N) is 2. The molecule has 0 fully saturated rings. The van der Waals surface area contributed by atoms with Crippen molar-refractivity contribution in [3.63, 3.8) is 0 Å². The highest BCUT2D eigenvalue weighted by molar-refractivity contribution is 5.96. The Bertz CT molecular complexity index is 749. The lowest BCUT2D eigenvalue weighted by atomic mass is 10.1. The summed E-state index contributed by atoms with van der Waals surface area (Å²) < 4.78 is 0. The van der Waals surface area contributed by atoms with Gasteiger partial charge in [0.1, 0.15) is 0 Å². The van der Waals surface area contributed by atoms with Crippen LogP contribution in [0.5, 0.6) is 0 Å². The van der Waals surface area contributed by atoms with Gasteiger partial charge < -0.3 is 10.6 Å². The molecule has 0 aliphatic rings. The highest BCUT2D eigenvalue weighted by atomic mass is 16.2. The molecule has 128 valence electrons. The summed E-state index contributed by atoms with van der Waals surface area (Å²) in [5, 5.41) is 14.2. The molecule has 1 atom stereocenters. The zero-order chi connectivity index (χ0) is 18.1. The number of hydrogen-bond acceptors (Lipinski definition) is 3. The van der Waals surface area contributed by atoms with E-state index in [9.17, 15) is 9.59 Å². The van der Waals surface area contributed by atoms with Gasteiger partial charge in [-0.3, -0.25) is 9.59 Å². The summed E-state index contributed by atoms with van der Waals surface area (Å²) >= 11 is 0. The SMILES string of the molecule is CC(CCc1ccccc1)NC(=O)CNC(=O)c1ccc(C#N)cc1. The van der Waals surface area contributed by atoms with Crippen molar-refractivity contribution in [2.45, 2.75) is 25.8 Å². The first-order valence-electron chi connectivity index (χ1n) is 8.20. The summed E-state index contributed by atoms with van der Waals surface area (Å²) in [6.07, 6.45) is 1.72. The van der Waals surface area contributed by atoms with Gasteiger partial charge in [0.2, 0.25) is 5.91 Å². The van der Waals surface area contributed by atoms with E-state index in [-0.39, 0.29) is 24.4 Å². The summed E-state index contributed by atoms with van der Waals surface area (Å²) in [4.78, 5) is 23.9. The molecule has 0 spiro atoms. The molecule has 0 saturated heterocycles. The van der Waals surface area contributed by atoms with Crippen LogP contribution < -0.4 is 10.6 Å². The maximum Gasteiger partial charge on any atom is 0.251 e. The van der Waals surface area contributed by atoms with Crippen molar-refractivity contribution >= 4 is 11.8 Å². The molecule has 0 radical (unpaired) electrons. The number of aryl methyl sites for hydroxylation is 1. The van der Waals surface area contributed by atoms with Gasteiger partial charge in [-0.25, -0.2) is 0 Å².